The standard InChI is InChI=1S/C28H38N6O5/c1-14(2)19(32-26(38)39-27(3,4)5)25(37)34-13-17-18(28(17,6)7)22(34)24(36)31-21(23(29)35)20-16-11-9-8-10-15(16)12-30-33-20/h8-12,14,17-19,21-22H,13H2,1-7H3,(H2,29,35)(H,31,36)(H,32,38)/t17-,18-,19-,21?,22-/m0/s1. The maximum atomic E-state index is 13.8. The van der Waals surface area contributed by atoms with Crippen molar-refractivity contribution in [2.24, 2.45) is 28.9 Å². The molecule has 2 aliphatic rings. The molecule has 2 fully saturated rings. The highest BCUT2D eigenvalue weighted by Crippen LogP contribution is 2.65. The van der Waals surface area contributed by atoms with E-state index in [9.17, 15) is 19.2 Å². The van der Waals surface area contributed by atoms with Gasteiger partial charge in [0.05, 0.1) is 6.20 Å². The first-order valence-corrected chi connectivity index (χ1v) is 13.2. The Balaban J connectivity index is 1.61. The lowest BCUT2D eigenvalue weighted by Gasteiger charge is -2.35. The van der Waals surface area contributed by atoms with E-state index in [0.29, 0.717) is 11.9 Å². The van der Waals surface area contributed by atoms with Crippen LogP contribution in [0.3, 0.4) is 0 Å². The molecule has 4 rings (SSSR count). The van der Waals surface area contributed by atoms with Gasteiger partial charge < -0.3 is 26.0 Å². The fourth-order valence-electron chi connectivity index (χ4n) is 5.71. The number of fused-ring (bicyclic) bond motifs is 2. The first-order valence-electron chi connectivity index (χ1n) is 13.2. The number of benzene rings is 1. The highest BCUT2D eigenvalue weighted by atomic mass is 16.6. The van der Waals surface area contributed by atoms with Crippen LogP contribution in [0.15, 0.2) is 30.5 Å². The molecule has 4 N–H and O–H groups in total. The number of ether oxygens (including phenoxy) is 1. The highest BCUT2D eigenvalue weighted by Gasteiger charge is 2.69. The van der Waals surface area contributed by atoms with Gasteiger partial charge in [0.1, 0.15) is 23.4 Å². The molecule has 4 amide bonds. The summed E-state index contributed by atoms with van der Waals surface area (Å²) in [6.07, 6.45) is 0.862. The number of alkyl carbamates (subject to hydrolysis) is 1. The Bertz CT molecular complexity index is 1300. The van der Waals surface area contributed by atoms with Crippen molar-refractivity contribution in [2.45, 2.75) is 72.2 Å². The second-order valence-electron chi connectivity index (χ2n) is 12.4. The van der Waals surface area contributed by atoms with Gasteiger partial charge in [0.25, 0.3) is 0 Å². The van der Waals surface area contributed by atoms with Gasteiger partial charge in [-0.2, -0.15) is 10.2 Å². The van der Waals surface area contributed by atoms with Crippen LogP contribution in [0.1, 0.15) is 60.2 Å². The third kappa shape index (κ3) is 5.53. The van der Waals surface area contributed by atoms with Crippen LogP contribution in [-0.2, 0) is 19.1 Å². The van der Waals surface area contributed by atoms with Crippen molar-refractivity contribution in [3.63, 3.8) is 0 Å². The minimum atomic E-state index is -1.24. The molecular weight excluding hydrogens is 500 g/mol. The quantitative estimate of drug-likeness (QED) is 0.488. The van der Waals surface area contributed by atoms with E-state index >= 15 is 0 Å². The number of piperidine rings is 1. The predicted molar refractivity (Wildman–Crippen MR) is 144 cm³/mol. The molecule has 39 heavy (non-hydrogen) atoms. The summed E-state index contributed by atoms with van der Waals surface area (Å²) >= 11 is 0. The molecule has 0 radical (unpaired) electrons. The third-order valence-corrected chi connectivity index (χ3v) is 7.81. The second kappa shape index (κ2) is 10.1. The number of nitrogens with two attached hydrogens (primary N) is 1. The van der Waals surface area contributed by atoms with Gasteiger partial charge in [-0.3, -0.25) is 14.4 Å². The lowest BCUT2D eigenvalue weighted by molar-refractivity contribution is -0.143. The number of nitrogens with one attached hydrogen (secondary N) is 2. The van der Waals surface area contributed by atoms with Gasteiger partial charge in [-0.05, 0) is 43.9 Å². The number of aromatic nitrogens is 2. The molecule has 2 aromatic rings. The molecule has 0 bridgehead atoms. The summed E-state index contributed by atoms with van der Waals surface area (Å²) < 4.78 is 5.37. The number of primary amides is 1. The molecule has 1 aliphatic carbocycles. The van der Waals surface area contributed by atoms with Crippen molar-refractivity contribution in [1.82, 2.24) is 25.7 Å². The number of carbonyl (C=O) groups is 4. The van der Waals surface area contributed by atoms with Crippen LogP contribution in [-0.4, -0.2) is 63.1 Å². The van der Waals surface area contributed by atoms with Crippen LogP contribution in [0, 0.1) is 23.2 Å². The highest BCUT2D eigenvalue weighted by molar-refractivity contribution is 5.97. The Kier molecular flexibility index (Phi) is 7.31. The molecule has 2 heterocycles. The first kappa shape index (κ1) is 28.3. The van der Waals surface area contributed by atoms with Crippen molar-refractivity contribution >= 4 is 34.6 Å². The zero-order chi connectivity index (χ0) is 28.9. The molecule has 210 valence electrons. The topological polar surface area (TPSA) is 157 Å². The van der Waals surface area contributed by atoms with Crippen LogP contribution in [0.2, 0.25) is 0 Å². The zero-order valence-corrected chi connectivity index (χ0v) is 23.5. The fourth-order valence-corrected chi connectivity index (χ4v) is 5.71. The maximum absolute atomic E-state index is 13.8. The van der Waals surface area contributed by atoms with E-state index in [1.165, 1.54) is 4.90 Å². The summed E-state index contributed by atoms with van der Waals surface area (Å²) in [5.41, 5.74) is 5.08. The van der Waals surface area contributed by atoms with Gasteiger partial charge in [-0.25, -0.2) is 4.79 Å². The van der Waals surface area contributed by atoms with Gasteiger partial charge in [0.2, 0.25) is 17.7 Å². The maximum Gasteiger partial charge on any atom is 0.408 e. The predicted octanol–water partition coefficient (Wildman–Crippen LogP) is 2.30. The largest absolute Gasteiger partial charge is 0.444 e. The Morgan fingerprint density at radius 1 is 1.13 bits per heavy atom. The first-order chi connectivity index (χ1) is 18.1. The Morgan fingerprint density at radius 2 is 1.79 bits per heavy atom. The Hall–Kier alpha value is -3.76. The number of rotatable bonds is 7. The molecule has 5 atom stereocenters. The van der Waals surface area contributed by atoms with Crippen molar-refractivity contribution in [1.29, 1.82) is 0 Å². The number of hydrogen-bond acceptors (Lipinski definition) is 7. The van der Waals surface area contributed by atoms with Gasteiger partial charge in [-0.15, -0.1) is 0 Å². The average molecular weight is 539 g/mol. The zero-order valence-electron chi connectivity index (χ0n) is 23.5. The number of amides is 4. The van der Waals surface area contributed by atoms with E-state index in [2.05, 4.69) is 34.7 Å². The number of nitrogens with zero attached hydrogens (tertiary/aromatic N) is 3. The van der Waals surface area contributed by atoms with Gasteiger partial charge in [0, 0.05) is 17.3 Å². The van der Waals surface area contributed by atoms with Crippen molar-refractivity contribution in [3.8, 4) is 0 Å². The molecule has 1 aromatic heterocycles. The molecule has 1 aliphatic heterocycles. The summed E-state index contributed by atoms with van der Waals surface area (Å²) in [6, 6.07) is 4.25. The van der Waals surface area contributed by atoms with Gasteiger partial charge >= 0.3 is 6.09 Å². The summed E-state index contributed by atoms with van der Waals surface area (Å²) in [5.74, 6) is -1.93. The molecule has 1 aromatic carbocycles. The minimum absolute atomic E-state index is 0.107. The van der Waals surface area contributed by atoms with Crippen LogP contribution in [0.4, 0.5) is 4.79 Å². The molecular formula is C28H38N6O5. The van der Waals surface area contributed by atoms with Crippen LogP contribution < -0.4 is 16.4 Å². The molecule has 0 spiro atoms. The number of likely N-dealkylation sites (tertiary alicyclic amines) is 1. The summed E-state index contributed by atoms with van der Waals surface area (Å²) in [4.78, 5) is 54.2. The van der Waals surface area contributed by atoms with Crippen LogP contribution in [0.25, 0.3) is 10.8 Å². The van der Waals surface area contributed by atoms with Crippen molar-refractivity contribution < 1.29 is 23.9 Å². The number of hydrogen-bond donors (Lipinski definition) is 3. The molecule has 1 saturated heterocycles. The molecule has 1 unspecified atom stereocenters. The van der Waals surface area contributed by atoms with Crippen molar-refractivity contribution in [3.05, 3.63) is 36.2 Å². The summed E-state index contributed by atoms with van der Waals surface area (Å²) in [5, 5.41) is 14.9. The molecule has 11 heteroatoms. The smallest absolute Gasteiger partial charge is 0.408 e. The average Bonchev–Trinajstić information content (AvgIpc) is 3.16. The minimum Gasteiger partial charge on any atom is -0.444 e. The molecule has 11 nitrogen and oxygen atoms in total. The Labute approximate surface area is 228 Å². The lowest BCUT2D eigenvalue weighted by atomic mass is 9.97. The fraction of sp³-hybridized carbons (Fsp3) is 0.571. The normalized spacial score (nSPS) is 23.1. The lowest BCUT2D eigenvalue weighted by Crippen LogP contribution is -2.58. The van der Waals surface area contributed by atoms with Gasteiger partial charge in [0.15, 0.2) is 6.04 Å². The summed E-state index contributed by atoms with van der Waals surface area (Å²) in [7, 11) is 0. The van der Waals surface area contributed by atoms with Gasteiger partial charge in [-0.1, -0.05) is 52.0 Å². The van der Waals surface area contributed by atoms with E-state index in [1.807, 2.05) is 26.0 Å². The molecule has 1 saturated carbocycles. The monoisotopic (exact) mass is 538 g/mol. The second-order valence-corrected chi connectivity index (χ2v) is 12.4. The van der Waals surface area contributed by atoms with E-state index < -0.39 is 41.6 Å². The van der Waals surface area contributed by atoms with E-state index in [1.54, 1.807) is 39.1 Å². The van der Waals surface area contributed by atoms with E-state index in [0.717, 1.165) is 5.39 Å². The number of carbonyl (C=O) groups excluding carboxylic acids is 4. The third-order valence-electron chi connectivity index (χ3n) is 7.81. The van der Waals surface area contributed by atoms with Crippen LogP contribution in [0.5, 0.6) is 0 Å². The summed E-state index contributed by atoms with van der Waals surface area (Å²) in [6.45, 7) is 13.3. The van der Waals surface area contributed by atoms with Crippen molar-refractivity contribution in [2.75, 3.05) is 6.54 Å². The Morgan fingerprint density at radius 3 is 2.41 bits per heavy atom. The van der Waals surface area contributed by atoms with Crippen LogP contribution >= 0.6 is 0 Å². The van der Waals surface area contributed by atoms with E-state index in [-0.39, 0.29) is 34.8 Å². The van der Waals surface area contributed by atoms with E-state index in [4.69, 9.17) is 10.5 Å². The SMILES string of the molecule is CC(C)[C@H](NC(=O)OC(C)(C)C)C(=O)N1C[C@H]2[C@@H]([C@H]1C(=O)NC(C(N)=O)c1nncc3ccccc13)C2(C)C.